The van der Waals surface area contributed by atoms with Crippen molar-refractivity contribution in [2.24, 2.45) is 16.8 Å². The highest BCUT2D eigenvalue weighted by Crippen LogP contribution is 2.51. The minimum Gasteiger partial charge on any atom is -0.343 e. The van der Waals surface area contributed by atoms with E-state index in [9.17, 15) is 13.2 Å². The van der Waals surface area contributed by atoms with Crippen molar-refractivity contribution in [2.75, 3.05) is 11.5 Å². The van der Waals surface area contributed by atoms with Crippen molar-refractivity contribution in [3.05, 3.63) is 35.4 Å². The van der Waals surface area contributed by atoms with Crippen molar-refractivity contribution in [1.29, 1.82) is 0 Å². The van der Waals surface area contributed by atoms with Gasteiger partial charge >= 0.3 is 0 Å². The van der Waals surface area contributed by atoms with E-state index in [-0.39, 0.29) is 28.7 Å². The lowest BCUT2D eigenvalue weighted by atomic mass is 9.93. The SMILES string of the molecule is Cc1cccc(CC(=O)N=C2S[C@H]3CS(=O)(=O)C[C@@H]3N2[C@@H]2C[C@@H]3CC[C@@H]2C3)c1. The van der Waals surface area contributed by atoms with Crippen LogP contribution >= 0.6 is 11.8 Å². The Bertz CT molecular complexity index is 943. The first kappa shape index (κ1) is 18.7. The molecule has 2 bridgehead atoms. The van der Waals surface area contributed by atoms with E-state index in [1.54, 1.807) is 0 Å². The molecule has 5 atom stereocenters. The molecule has 2 aliphatic heterocycles. The largest absolute Gasteiger partial charge is 0.343 e. The average Bonchev–Trinajstić information content (AvgIpc) is 3.34. The Balaban J connectivity index is 1.41. The predicted octanol–water partition coefficient (Wildman–Crippen LogP) is 2.82. The molecule has 5 rings (SSSR count). The summed E-state index contributed by atoms with van der Waals surface area (Å²) < 4.78 is 24.4. The number of fused-ring (bicyclic) bond motifs is 3. The normalized spacial score (nSPS) is 37.0. The number of rotatable bonds is 3. The molecular formula is C21H26N2O3S2. The van der Waals surface area contributed by atoms with Crippen LogP contribution in [0.4, 0.5) is 0 Å². The van der Waals surface area contributed by atoms with E-state index in [0.717, 1.165) is 28.6 Å². The first-order valence-electron chi connectivity index (χ1n) is 10.2. The molecule has 1 amide bonds. The van der Waals surface area contributed by atoms with Gasteiger partial charge in [-0.1, -0.05) is 48.0 Å². The van der Waals surface area contributed by atoms with Crippen LogP contribution in [-0.4, -0.2) is 53.2 Å². The summed E-state index contributed by atoms with van der Waals surface area (Å²) in [6, 6.07) is 8.32. The lowest BCUT2D eigenvalue weighted by Gasteiger charge is -2.36. The number of hydrogen-bond donors (Lipinski definition) is 0. The number of carbonyl (C=O) groups excluding carboxylic acids is 1. The van der Waals surface area contributed by atoms with Gasteiger partial charge in [0.25, 0.3) is 5.91 Å². The number of amidine groups is 1. The van der Waals surface area contributed by atoms with Gasteiger partial charge in [-0.2, -0.15) is 4.99 Å². The summed E-state index contributed by atoms with van der Waals surface area (Å²) >= 11 is 1.52. The molecule has 2 aliphatic carbocycles. The van der Waals surface area contributed by atoms with Crippen LogP contribution < -0.4 is 0 Å². The maximum Gasteiger partial charge on any atom is 0.252 e. The van der Waals surface area contributed by atoms with Crippen molar-refractivity contribution >= 4 is 32.7 Å². The van der Waals surface area contributed by atoms with Gasteiger partial charge in [0.15, 0.2) is 15.0 Å². The van der Waals surface area contributed by atoms with Crippen molar-refractivity contribution in [1.82, 2.24) is 4.90 Å². The molecular weight excluding hydrogens is 392 g/mol. The van der Waals surface area contributed by atoms with E-state index in [1.165, 1.54) is 31.0 Å². The molecule has 5 nitrogen and oxygen atoms in total. The zero-order valence-corrected chi connectivity index (χ0v) is 17.7. The summed E-state index contributed by atoms with van der Waals surface area (Å²) in [5.74, 6) is 1.68. The van der Waals surface area contributed by atoms with E-state index in [1.807, 2.05) is 31.2 Å². The Morgan fingerprint density at radius 1 is 1.21 bits per heavy atom. The number of thioether (sulfide) groups is 1. The number of carbonyl (C=O) groups is 1. The van der Waals surface area contributed by atoms with Gasteiger partial charge < -0.3 is 4.90 Å². The molecule has 2 saturated heterocycles. The van der Waals surface area contributed by atoms with Crippen molar-refractivity contribution in [2.45, 2.75) is 56.4 Å². The van der Waals surface area contributed by atoms with Gasteiger partial charge in [0.2, 0.25) is 0 Å². The zero-order valence-electron chi connectivity index (χ0n) is 16.1. The maximum absolute atomic E-state index is 12.7. The molecule has 1 aromatic rings. The van der Waals surface area contributed by atoms with Gasteiger partial charge in [-0.25, -0.2) is 8.42 Å². The summed E-state index contributed by atoms with van der Waals surface area (Å²) in [5.41, 5.74) is 2.11. The van der Waals surface area contributed by atoms with Crippen LogP contribution in [0, 0.1) is 18.8 Å². The van der Waals surface area contributed by atoms with E-state index >= 15 is 0 Å². The van der Waals surface area contributed by atoms with Crippen LogP contribution in [0.2, 0.25) is 0 Å². The molecule has 4 aliphatic rings. The average molecular weight is 419 g/mol. The smallest absolute Gasteiger partial charge is 0.252 e. The number of aryl methyl sites for hydroxylation is 1. The molecule has 28 heavy (non-hydrogen) atoms. The Hall–Kier alpha value is -1.34. The number of nitrogens with zero attached hydrogens (tertiary/aromatic N) is 2. The topological polar surface area (TPSA) is 66.8 Å². The minimum absolute atomic E-state index is 0.00938. The van der Waals surface area contributed by atoms with Gasteiger partial charge in [0.1, 0.15) is 0 Å². The van der Waals surface area contributed by atoms with Gasteiger partial charge in [-0.3, -0.25) is 4.79 Å². The number of benzene rings is 1. The van der Waals surface area contributed by atoms with Crippen LogP contribution in [0.3, 0.4) is 0 Å². The third-order valence-corrected chi connectivity index (χ3v) is 10.0. The van der Waals surface area contributed by atoms with Crippen LogP contribution in [0.15, 0.2) is 29.3 Å². The zero-order chi connectivity index (χ0) is 19.5. The molecule has 0 radical (unpaired) electrons. The highest BCUT2D eigenvalue weighted by Gasteiger charge is 2.54. The van der Waals surface area contributed by atoms with Gasteiger partial charge in [0.05, 0.1) is 24.0 Å². The Morgan fingerprint density at radius 2 is 2.07 bits per heavy atom. The van der Waals surface area contributed by atoms with Crippen LogP contribution in [-0.2, 0) is 21.1 Å². The van der Waals surface area contributed by atoms with Crippen LogP contribution in [0.25, 0.3) is 0 Å². The number of amides is 1. The maximum atomic E-state index is 12.7. The molecule has 0 spiro atoms. The fourth-order valence-electron chi connectivity index (χ4n) is 5.67. The summed E-state index contributed by atoms with van der Waals surface area (Å²) in [6.45, 7) is 2.02. The molecule has 0 unspecified atom stereocenters. The fraction of sp³-hybridized carbons (Fsp3) is 0.619. The Kier molecular flexibility index (Phi) is 4.58. The van der Waals surface area contributed by atoms with Crippen molar-refractivity contribution in [3.63, 3.8) is 0 Å². The first-order valence-corrected chi connectivity index (χ1v) is 12.9. The molecule has 1 aromatic carbocycles. The standard InChI is InChI=1S/C21H26N2O3S2/c1-13-3-2-4-14(7-13)10-20(24)22-21-23(17-9-15-5-6-16(17)8-15)18-11-28(25,26)12-19(18)27-21/h2-4,7,15-19H,5-6,8-12H2,1H3/t15-,16-,17-,18+,19+/m1/s1. The second-order valence-corrected chi connectivity index (χ2v) is 12.3. The van der Waals surface area contributed by atoms with E-state index in [2.05, 4.69) is 9.89 Å². The van der Waals surface area contributed by atoms with Crippen molar-refractivity contribution < 1.29 is 13.2 Å². The number of aliphatic imine (C=N–C) groups is 1. The molecule has 0 N–H and O–H groups in total. The van der Waals surface area contributed by atoms with E-state index < -0.39 is 9.84 Å². The summed E-state index contributed by atoms with van der Waals surface area (Å²) in [7, 11) is -2.99. The van der Waals surface area contributed by atoms with E-state index in [0.29, 0.717) is 18.4 Å². The molecule has 0 aromatic heterocycles. The third kappa shape index (κ3) is 3.41. The summed E-state index contributed by atoms with van der Waals surface area (Å²) in [5, 5.41) is 0.801. The minimum atomic E-state index is -2.99. The summed E-state index contributed by atoms with van der Waals surface area (Å²) in [6.07, 6.45) is 5.20. The van der Waals surface area contributed by atoms with Gasteiger partial charge in [-0.15, -0.1) is 0 Å². The monoisotopic (exact) mass is 418 g/mol. The molecule has 7 heteroatoms. The predicted molar refractivity (Wildman–Crippen MR) is 112 cm³/mol. The number of hydrogen-bond acceptors (Lipinski definition) is 4. The summed E-state index contributed by atoms with van der Waals surface area (Å²) in [4.78, 5) is 19.5. The molecule has 2 heterocycles. The lowest BCUT2D eigenvalue weighted by molar-refractivity contribution is -0.117. The second-order valence-electron chi connectivity index (χ2n) is 8.90. The van der Waals surface area contributed by atoms with E-state index in [4.69, 9.17) is 0 Å². The quantitative estimate of drug-likeness (QED) is 0.755. The molecule has 2 saturated carbocycles. The third-order valence-electron chi connectivity index (χ3n) is 6.82. The highest BCUT2D eigenvalue weighted by atomic mass is 32.2. The highest BCUT2D eigenvalue weighted by molar-refractivity contribution is 8.15. The van der Waals surface area contributed by atoms with Gasteiger partial charge in [0, 0.05) is 11.3 Å². The van der Waals surface area contributed by atoms with Crippen molar-refractivity contribution in [3.8, 4) is 0 Å². The Morgan fingerprint density at radius 3 is 2.79 bits per heavy atom. The van der Waals surface area contributed by atoms with Gasteiger partial charge in [-0.05, 0) is 43.6 Å². The number of sulfone groups is 1. The Labute approximate surface area is 170 Å². The van der Waals surface area contributed by atoms with Crippen LogP contribution in [0.5, 0.6) is 0 Å². The molecule has 4 fully saturated rings. The lowest BCUT2D eigenvalue weighted by Crippen LogP contribution is -2.47. The fourth-order valence-corrected chi connectivity index (χ4v) is 9.66. The van der Waals surface area contributed by atoms with Crippen LogP contribution in [0.1, 0.15) is 36.8 Å². The molecule has 150 valence electrons. The first-order chi connectivity index (χ1) is 13.4. The second kappa shape index (κ2) is 6.87.